The minimum absolute atomic E-state index is 0.0994. The van der Waals surface area contributed by atoms with Gasteiger partial charge in [0.1, 0.15) is 5.01 Å². The second-order valence-electron chi connectivity index (χ2n) is 5.62. The lowest BCUT2D eigenvalue weighted by Crippen LogP contribution is -2.12. The van der Waals surface area contributed by atoms with Gasteiger partial charge in [-0.05, 0) is 24.0 Å². The first kappa shape index (κ1) is 13.5. The monoisotopic (exact) mass is 307 g/mol. The molecule has 1 aromatic heterocycles. The van der Waals surface area contributed by atoms with E-state index in [0.717, 1.165) is 5.13 Å². The Balaban J connectivity index is 1.64. The molecule has 0 aliphatic heterocycles. The summed E-state index contributed by atoms with van der Waals surface area (Å²) in [6.07, 6.45) is 2.52. The summed E-state index contributed by atoms with van der Waals surface area (Å²) in [5, 5.41) is 14.3. The van der Waals surface area contributed by atoms with Crippen LogP contribution in [0.2, 0.25) is 0 Å². The van der Waals surface area contributed by atoms with E-state index in [9.17, 15) is 0 Å². The summed E-state index contributed by atoms with van der Waals surface area (Å²) in [7, 11) is 0. The van der Waals surface area contributed by atoms with E-state index in [0.29, 0.717) is 5.92 Å². The van der Waals surface area contributed by atoms with E-state index in [1.54, 1.807) is 11.3 Å². The Labute approximate surface area is 134 Å². The van der Waals surface area contributed by atoms with Crippen molar-refractivity contribution in [3.63, 3.8) is 0 Å². The summed E-state index contributed by atoms with van der Waals surface area (Å²) >= 11 is 1.69. The second-order valence-corrected chi connectivity index (χ2v) is 6.63. The van der Waals surface area contributed by atoms with E-state index in [2.05, 4.69) is 64.0 Å². The number of nitrogens with zero attached hydrogens (tertiary/aromatic N) is 2. The SMILES string of the molecule is c1ccc(C(Nc2nnc(C3CC3)s2)c2ccccc2)cc1. The zero-order valence-electron chi connectivity index (χ0n) is 12.1. The lowest BCUT2D eigenvalue weighted by Gasteiger charge is -2.18. The number of hydrogen-bond donors (Lipinski definition) is 1. The van der Waals surface area contributed by atoms with E-state index in [1.807, 2.05) is 12.1 Å². The Bertz CT molecular complexity index is 696. The highest BCUT2D eigenvalue weighted by atomic mass is 32.1. The number of benzene rings is 2. The molecule has 0 unspecified atom stereocenters. The van der Waals surface area contributed by atoms with E-state index < -0.39 is 0 Å². The molecular formula is C18H17N3S. The maximum Gasteiger partial charge on any atom is 0.206 e. The Kier molecular flexibility index (Phi) is 3.60. The zero-order chi connectivity index (χ0) is 14.8. The van der Waals surface area contributed by atoms with Crippen LogP contribution in [-0.4, -0.2) is 10.2 Å². The largest absolute Gasteiger partial charge is 0.349 e. The molecule has 3 nitrogen and oxygen atoms in total. The maximum absolute atomic E-state index is 4.33. The molecule has 1 fully saturated rings. The lowest BCUT2D eigenvalue weighted by atomic mass is 9.99. The molecule has 4 heteroatoms. The van der Waals surface area contributed by atoms with Crippen molar-refractivity contribution in [3.05, 3.63) is 76.8 Å². The first-order chi connectivity index (χ1) is 10.9. The summed E-state index contributed by atoms with van der Waals surface area (Å²) < 4.78 is 0. The molecule has 0 spiro atoms. The van der Waals surface area contributed by atoms with Gasteiger partial charge in [0, 0.05) is 5.92 Å². The van der Waals surface area contributed by atoms with Crippen LogP contribution < -0.4 is 5.32 Å². The number of nitrogens with one attached hydrogen (secondary N) is 1. The molecule has 1 saturated carbocycles. The smallest absolute Gasteiger partial charge is 0.206 e. The van der Waals surface area contributed by atoms with Gasteiger partial charge >= 0.3 is 0 Å². The van der Waals surface area contributed by atoms with E-state index in [-0.39, 0.29) is 6.04 Å². The average molecular weight is 307 g/mol. The number of aromatic nitrogens is 2. The van der Waals surface area contributed by atoms with Crippen LogP contribution >= 0.6 is 11.3 Å². The van der Waals surface area contributed by atoms with Crippen molar-refractivity contribution in [2.45, 2.75) is 24.8 Å². The van der Waals surface area contributed by atoms with Crippen molar-refractivity contribution in [1.82, 2.24) is 10.2 Å². The fourth-order valence-corrected chi connectivity index (χ4v) is 3.50. The predicted molar refractivity (Wildman–Crippen MR) is 90.2 cm³/mol. The third kappa shape index (κ3) is 2.88. The quantitative estimate of drug-likeness (QED) is 0.747. The average Bonchev–Trinajstić information content (AvgIpc) is 3.33. The van der Waals surface area contributed by atoms with E-state index in [4.69, 9.17) is 0 Å². The zero-order valence-corrected chi connectivity index (χ0v) is 13.0. The van der Waals surface area contributed by atoms with Crippen molar-refractivity contribution in [3.8, 4) is 0 Å². The normalized spacial score (nSPS) is 14.2. The highest BCUT2D eigenvalue weighted by molar-refractivity contribution is 7.15. The van der Waals surface area contributed by atoms with Gasteiger partial charge in [0.15, 0.2) is 0 Å². The van der Waals surface area contributed by atoms with Crippen molar-refractivity contribution in [2.24, 2.45) is 0 Å². The Morgan fingerprint density at radius 2 is 1.45 bits per heavy atom. The highest BCUT2D eigenvalue weighted by Crippen LogP contribution is 2.42. The van der Waals surface area contributed by atoms with Crippen LogP contribution in [0, 0.1) is 0 Å². The van der Waals surface area contributed by atoms with Gasteiger partial charge in [0.25, 0.3) is 0 Å². The molecule has 1 aliphatic rings. The Morgan fingerprint density at radius 3 is 2.00 bits per heavy atom. The van der Waals surface area contributed by atoms with E-state index in [1.165, 1.54) is 29.0 Å². The minimum atomic E-state index is 0.0994. The van der Waals surface area contributed by atoms with Crippen LogP contribution in [0.5, 0.6) is 0 Å². The summed E-state index contributed by atoms with van der Waals surface area (Å²) in [5.41, 5.74) is 2.47. The molecule has 0 saturated heterocycles. The second kappa shape index (κ2) is 5.89. The first-order valence-corrected chi connectivity index (χ1v) is 8.41. The molecule has 1 aliphatic carbocycles. The van der Waals surface area contributed by atoms with E-state index >= 15 is 0 Å². The molecule has 1 heterocycles. The fraction of sp³-hybridized carbons (Fsp3) is 0.222. The molecule has 1 N–H and O–H groups in total. The van der Waals surface area contributed by atoms with Gasteiger partial charge in [-0.2, -0.15) is 0 Å². The molecule has 4 rings (SSSR count). The summed E-state index contributed by atoms with van der Waals surface area (Å²) in [6.45, 7) is 0. The minimum Gasteiger partial charge on any atom is -0.349 e. The Hall–Kier alpha value is -2.20. The van der Waals surface area contributed by atoms with Gasteiger partial charge in [-0.1, -0.05) is 72.0 Å². The topological polar surface area (TPSA) is 37.8 Å². The van der Waals surface area contributed by atoms with Gasteiger partial charge in [-0.15, -0.1) is 10.2 Å². The highest BCUT2D eigenvalue weighted by Gasteiger charge is 2.28. The number of rotatable bonds is 5. The van der Waals surface area contributed by atoms with Gasteiger partial charge in [-0.25, -0.2) is 0 Å². The number of anilines is 1. The van der Waals surface area contributed by atoms with Crippen molar-refractivity contribution in [1.29, 1.82) is 0 Å². The van der Waals surface area contributed by atoms with Crippen LogP contribution in [0.4, 0.5) is 5.13 Å². The van der Waals surface area contributed by atoms with Crippen LogP contribution in [0.15, 0.2) is 60.7 Å². The fourth-order valence-electron chi connectivity index (χ4n) is 2.56. The molecule has 0 amide bonds. The van der Waals surface area contributed by atoms with Gasteiger partial charge in [0.2, 0.25) is 5.13 Å². The standard InChI is InChI=1S/C18H17N3S/c1-3-7-13(8-4-1)16(14-9-5-2-6-10-14)19-18-21-20-17(22-18)15-11-12-15/h1-10,15-16H,11-12H2,(H,19,21). The van der Waals surface area contributed by atoms with Crippen molar-refractivity contribution < 1.29 is 0 Å². The summed E-state index contributed by atoms with van der Waals surface area (Å²) in [5.74, 6) is 0.653. The molecule has 3 aromatic rings. The number of hydrogen-bond acceptors (Lipinski definition) is 4. The summed E-state index contributed by atoms with van der Waals surface area (Å²) in [4.78, 5) is 0. The third-order valence-electron chi connectivity index (χ3n) is 3.90. The molecule has 0 bridgehead atoms. The van der Waals surface area contributed by atoms with Crippen LogP contribution in [0.25, 0.3) is 0 Å². The van der Waals surface area contributed by atoms with Crippen molar-refractivity contribution >= 4 is 16.5 Å². The molecule has 0 atom stereocenters. The maximum atomic E-state index is 4.33. The van der Waals surface area contributed by atoms with Gasteiger partial charge in [-0.3, -0.25) is 0 Å². The first-order valence-electron chi connectivity index (χ1n) is 7.60. The van der Waals surface area contributed by atoms with Crippen molar-refractivity contribution in [2.75, 3.05) is 5.32 Å². The van der Waals surface area contributed by atoms with Crippen LogP contribution in [0.3, 0.4) is 0 Å². The lowest BCUT2D eigenvalue weighted by molar-refractivity contribution is 0.912. The molecular weight excluding hydrogens is 290 g/mol. The molecule has 110 valence electrons. The summed E-state index contributed by atoms with van der Waals surface area (Å²) in [6, 6.07) is 21.1. The molecule has 0 radical (unpaired) electrons. The van der Waals surface area contributed by atoms with Crippen LogP contribution in [-0.2, 0) is 0 Å². The molecule has 2 aromatic carbocycles. The van der Waals surface area contributed by atoms with Crippen LogP contribution in [0.1, 0.15) is 40.9 Å². The van der Waals surface area contributed by atoms with Gasteiger partial charge < -0.3 is 5.32 Å². The predicted octanol–water partition coefficient (Wildman–Crippen LogP) is 4.62. The Morgan fingerprint density at radius 1 is 0.864 bits per heavy atom. The third-order valence-corrected chi connectivity index (χ3v) is 4.92. The van der Waals surface area contributed by atoms with Gasteiger partial charge in [0.05, 0.1) is 6.04 Å². The molecule has 22 heavy (non-hydrogen) atoms.